The summed E-state index contributed by atoms with van der Waals surface area (Å²) in [5.74, 6) is 1.92. The minimum atomic E-state index is -0.231. The predicted octanol–water partition coefficient (Wildman–Crippen LogP) is 6.03. The van der Waals surface area contributed by atoms with Crippen LogP contribution in [0.25, 0.3) is 0 Å². The van der Waals surface area contributed by atoms with E-state index in [1.807, 2.05) is 24.3 Å². The second kappa shape index (κ2) is 11.8. The molecule has 0 saturated carbocycles. The van der Waals surface area contributed by atoms with Gasteiger partial charge in [0.15, 0.2) is 5.78 Å². The molecule has 0 aliphatic heterocycles. The molecule has 0 heterocycles. The van der Waals surface area contributed by atoms with Crippen molar-refractivity contribution in [1.29, 1.82) is 0 Å². The summed E-state index contributed by atoms with van der Waals surface area (Å²) in [6.07, 6.45) is 9.04. The fourth-order valence-corrected chi connectivity index (χ4v) is 5.44. The Morgan fingerprint density at radius 3 is 2.71 bits per heavy atom. The summed E-state index contributed by atoms with van der Waals surface area (Å²) in [5.41, 5.74) is 3.72. The van der Waals surface area contributed by atoms with E-state index >= 15 is 0 Å². The first-order chi connectivity index (χ1) is 17.0. The van der Waals surface area contributed by atoms with Crippen molar-refractivity contribution < 1.29 is 19.7 Å². The Morgan fingerprint density at radius 2 is 1.94 bits per heavy atom. The van der Waals surface area contributed by atoms with E-state index in [-0.39, 0.29) is 29.3 Å². The van der Waals surface area contributed by atoms with Crippen LogP contribution in [0.2, 0.25) is 0 Å². The molecule has 2 aromatic carbocycles. The highest BCUT2D eigenvalue weighted by Crippen LogP contribution is 2.46. The first-order valence-corrected chi connectivity index (χ1v) is 13.2. The van der Waals surface area contributed by atoms with Crippen molar-refractivity contribution in [2.45, 2.75) is 71.3 Å². The molecule has 2 aliphatic carbocycles. The van der Waals surface area contributed by atoms with Gasteiger partial charge in [-0.05, 0) is 80.4 Å². The molecule has 3 N–H and O–H groups in total. The summed E-state index contributed by atoms with van der Waals surface area (Å²) in [5, 5.41) is 24.1. The molecule has 2 aliphatic rings. The normalized spacial score (nSPS) is 21.6. The molecule has 5 heteroatoms. The molecule has 5 nitrogen and oxygen atoms in total. The molecule has 3 unspecified atom stereocenters. The number of ketones is 1. The molecule has 0 spiro atoms. The van der Waals surface area contributed by atoms with Gasteiger partial charge in [0.1, 0.15) is 23.4 Å². The topological polar surface area (TPSA) is 78.8 Å². The van der Waals surface area contributed by atoms with Crippen molar-refractivity contribution in [2.75, 3.05) is 13.1 Å². The average Bonchev–Trinajstić information content (AvgIpc) is 3.18. The Kier molecular flexibility index (Phi) is 8.50. The predicted molar refractivity (Wildman–Crippen MR) is 139 cm³/mol. The number of hydrogen-bond donors (Lipinski definition) is 3. The quantitative estimate of drug-likeness (QED) is 0.345. The van der Waals surface area contributed by atoms with Gasteiger partial charge >= 0.3 is 0 Å². The Labute approximate surface area is 209 Å². The lowest BCUT2D eigenvalue weighted by molar-refractivity contribution is -0.117. The van der Waals surface area contributed by atoms with Crippen molar-refractivity contribution >= 4 is 5.78 Å². The van der Waals surface area contributed by atoms with Crippen LogP contribution in [-0.2, 0) is 17.6 Å². The van der Waals surface area contributed by atoms with Gasteiger partial charge in [0.2, 0.25) is 0 Å². The molecule has 0 aromatic heterocycles. The number of carbonyl (C=O) groups excluding carboxylic acids is 1. The maximum Gasteiger partial charge on any atom is 0.159 e. The van der Waals surface area contributed by atoms with E-state index < -0.39 is 0 Å². The molecule has 4 rings (SSSR count). The number of ether oxygens (including phenoxy) is 1. The average molecular weight is 478 g/mol. The SMILES string of the molecule is CCCNCCCC1Cc2c(O)cc(O)cc2C1Oc1cccc(CC2=CCC(CC)CC2=O)c1. The van der Waals surface area contributed by atoms with Crippen LogP contribution >= 0.6 is 0 Å². The van der Waals surface area contributed by atoms with Crippen LogP contribution in [0.3, 0.4) is 0 Å². The third-order valence-electron chi connectivity index (χ3n) is 7.47. The summed E-state index contributed by atoms with van der Waals surface area (Å²) in [4.78, 5) is 12.6. The van der Waals surface area contributed by atoms with Gasteiger partial charge in [-0.3, -0.25) is 4.79 Å². The van der Waals surface area contributed by atoms with E-state index in [1.54, 1.807) is 6.07 Å². The zero-order chi connectivity index (χ0) is 24.8. The fourth-order valence-electron chi connectivity index (χ4n) is 5.44. The highest BCUT2D eigenvalue weighted by atomic mass is 16.5. The molecule has 0 bridgehead atoms. The Morgan fingerprint density at radius 1 is 1.09 bits per heavy atom. The van der Waals surface area contributed by atoms with Gasteiger partial charge in [-0.1, -0.05) is 38.5 Å². The van der Waals surface area contributed by atoms with E-state index in [0.29, 0.717) is 18.8 Å². The van der Waals surface area contributed by atoms with Crippen LogP contribution in [0.1, 0.15) is 75.2 Å². The molecule has 188 valence electrons. The van der Waals surface area contributed by atoms with Gasteiger partial charge in [0.25, 0.3) is 0 Å². The van der Waals surface area contributed by atoms with Crippen LogP contribution in [0.4, 0.5) is 0 Å². The highest BCUT2D eigenvalue weighted by Gasteiger charge is 2.36. The second-order valence-corrected chi connectivity index (χ2v) is 10.1. The maximum atomic E-state index is 12.6. The monoisotopic (exact) mass is 477 g/mol. The number of Topliss-reactive ketones (excluding diaryl/α,β-unsaturated/α-hetero) is 1. The van der Waals surface area contributed by atoms with Crippen LogP contribution in [0, 0.1) is 11.8 Å². The van der Waals surface area contributed by atoms with E-state index in [0.717, 1.165) is 79.6 Å². The molecular weight excluding hydrogens is 438 g/mol. The maximum absolute atomic E-state index is 12.6. The third kappa shape index (κ3) is 6.26. The minimum Gasteiger partial charge on any atom is -0.508 e. The number of phenols is 2. The van der Waals surface area contributed by atoms with E-state index in [4.69, 9.17) is 4.74 Å². The number of hydrogen-bond acceptors (Lipinski definition) is 5. The summed E-state index contributed by atoms with van der Waals surface area (Å²) >= 11 is 0. The fraction of sp³-hybridized carbons (Fsp3) is 0.500. The minimum absolute atomic E-state index is 0.0574. The summed E-state index contributed by atoms with van der Waals surface area (Å²) in [7, 11) is 0. The van der Waals surface area contributed by atoms with Gasteiger partial charge in [-0.25, -0.2) is 0 Å². The van der Waals surface area contributed by atoms with Gasteiger partial charge in [-0.2, -0.15) is 0 Å². The number of nitrogens with one attached hydrogen (secondary N) is 1. The van der Waals surface area contributed by atoms with Gasteiger partial charge in [0, 0.05) is 36.0 Å². The second-order valence-electron chi connectivity index (χ2n) is 10.1. The molecule has 0 radical (unpaired) electrons. The summed E-state index contributed by atoms with van der Waals surface area (Å²) in [6.45, 7) is 6.29. The van der Waals surface area contributed by atoms with Crippen molar-refractivity contribution in [3.63, 3.8) is 0 Å². The summed E-state index contributed by atoms with van der Waals surface area (Å²) in [6, 6.07) is 11.2. The Balaban J connectivity index is 1.49. The van der Waals surface area contributed by atoms with Crippen molar-refractivity contribution in [1.82, 2.24) is 5.32 Å². The zero-order valence-corrected chi connectivity index (χ0v) is 21.1. The van der Waals surface area contributed by atoms with Crippen LogP contribution in [0.15, 0.2) is 48.0 Å². The number of benzene rings is 2. The van der Waals surface area contributed by atoms with Crippen molar-refractivity contribution in [2.24, 2.45) is 11.8 Å². The van der Waals surface area contributed by atoms with E-state index in [2.05, 4.69) is 25.2 Å². The van der Waals surface area contributed by atoms with Gasteiger partial charge < -0.3 is 20.3 Å². The number of rotatable bonds is 11. The number of fused-ring (bicyclic) bond motifs is 1. The van der Waals surface area contributed by atoms with Crippen LogP contribution in [0.5, 0.6) is 17.2 Å². The molecule has 0 saturated heterocycles. The molecule has 0 fully saturated rings. The molecule has 2 aromatic rings. The lowest BCUT2D eigenvalue weighted by Crippen LogP contribution is -2.19. The van der Waals surface area contributed by atoms with E-state index in [1.165, 1.54) is 6.07 Å². The summed E-state index contributed by atoms with van der Waals surface area (Å²) < 4.78 is 6.55. The smallest absolute Gasteiger partial charge is 0.159 e. The molecule has 35 heavy (non-hydrogen) atoms. The number of phenolic OH excluding ortho intramolecular Hbond substituents is 2. The number of carbonyl (C=O) groups is 1. The van der Waals surface area contributed by atoms with Crippen molar-refractivity contribution in [3.05, 3.63) is 64.7 Å². The van der Waals surface area contributed by atoms with Gasteiger partial charge in [-0.15, -0.1) is 0 Å². The zero-order valence-electron chi connectivity index (χ0n) is 21.1. The van der Waals surface area contributed by atoms with Crippen molar-refractivity contribution in [3.8, 4) is 17.2 Å². The first kappa shape index (κ1) is 25.3. The van der Waals surface area contributed by atoms with Crippen LogP contribution < -0.4 is 10.1 Å². The van der Waals surface area contributed by atoms with Gasteiger partial charge in [0.05, 0.1) is 0 Å². The lowest BCUT2D eigenvalue weighted by atomic mass is 9.85. The highest BCUT2D eigenvalue weighted by molar-refractivity contribution is 5.96. The standard InChI is InChI=1S/C30H39NO4/c1-3-12-31-13-6-8-23-17-26-27(18-24(32)19-29(26)34)30(23)35-25-9-5-7-21(15-25)14-22-11-10-20(4-2)16-28(22)33/h5,7,9,11,15,18-20,23,30-32,34H,3-4,6,8,10,12-14,16-17H2,1-2H3. The number of aromatic hydroxyl groups is 2. The first-order valence-electron chi connectivity index (χ1n) is 13.2. The Hall–Kier alpha value is -2.79. The molecule has 3 atom stereocenters. The molecular formula is C30H39NO4. The lowest BCUT2D eigenvalue weighted by Gasteiger charge is -2.23. The Bertz CT molecular complexity index is 1060. The largest absolute Gasteiger partial charge is 0.508 e. The number of allylic oxidation sites excluding steroid dienone is 2. The molecule has 0 amide bonds. The van der Waals surface area contributed by atoms with E-state index in [9.17, 15) is 15.0 Å². The third-order valence-corrected chi connectivity index (χ3v) is 7.47. The van der Waals surface area contributed by atoms with Crippen LogP contribution in [-0.4, -0.2) is 29.1 Å².